The molecule has 0 unspecified atom stereocenters. The highest BCUT2D eigenvalue weighted by molar-refractivity contribution is 5.85. The molecule has 4 nitrogen and oxygen atoms in total. The molecule has 5 aromatic carbocycles. The molecule has 0 saturated carbocycles. The molecule has 220 valence electrons. The highest BCUT2D eigenvalue weighted by atomic mass is 15.0. The van der Waals surface area contributed by atoms with Gasteiger partial charge in [0, 0.05) is 23.3 Å². The van der Waals surface area contributed by atoms with Crippen LogP contribution in [0.4, 0.5) is 0 Å². The number of aromatic nitrogens is 4. The topological polar surface area (TPSA) is 33.5 Å². The van der Waals surface area contributed by atoms with Gasteiger partial charge in [0.05, 0.1) is 0 Å². The van der Waals surface area contributed by atoms with E-state index in [9.17, 15) is 0 Å². The molecular formula is C41H38N4+2. The van der Waals surface area contributed by atoms with Gasteiger partial charge in [0.2, 0.25) is 11.0 Å². The smallest absolute Gasteiger partial charge is 0.231 e. The molecule has 2 aromatic heterocycles. The molecule has 0 amide bonds. The molecule has 0 atom stereocenters. The first-order valence-electron chi connectivity index (χ1n) is 15.7. The number of fused-ring (bicyclic) bond motifs is 2. The summed E-state index contributed by atoms with van der Waals surface area (Å²) in [5, 5.41) is 0. The third kappa shape index (κ3) is 5.60. The molecule has 7 rings (SSSR count). The Kier molecular flexibility index (Phi) is 7.21. The van der Waals surface area contributed by atoms with Gasteiger partial charge in [0.1, 0.15) is 36.0 Å². The van der Waals surface area contributed by atoms with Crippen LogP contribution in [0.15, 0.2) is 128 Å². The number of nitrogens with zero attached hydrogens (tertiary/aromatic N) is 4. The Morgan fingerprint density at radius 2 is 1.20 bits per heavy atom. The lowest BCUT2D eigenvalue weighted by Crippen LogP contribution is -2.33. The van der Waals surface area contributed by atoms with E-state index < -0.39 is 0 Å². The summed E-state index contributed by atoms with van der Waals surface area (Å²) in [7, 11) is 2.10. The van der Waals surface area contributed by atoms with Crippen LogP contribution in [0.3, 0.4) is 0 Å². The molecule has 2 heterocycles. The van der Waals surface area contributed by atoms with Gasteiger partial charge in [-0.3, -0.25) is 0 Å². The van der Waals surface area contributed by atoms with Gasteiger partial charge in [0.25, 0.3) is 0 Å². The van der Waals surface area contributed by atoms with Crippen molar-refractivity contribution in [1.29, 1.82) is 0 Å². The summed E-state index contributed by atoms with van der Waals surface area (Å²) in [4.78, 5) is 10.3. The molecule has 0 aliphatic carbocycles. The second-order valence-electron chi connectivity index (χ2n) is 12.8. The van der Waals surface area contributed by atoms with Crippen molar-refractivity contribution >= 4 is 22.1 Å². The van der Waals surface area contributed by atoms with Crippen molar-refractivity contribution in [2.75, 3.05) is 0 Å². The normalized spacial score (nSPS) is 11.8. The van der Waals surface area contributed by atoms with Crippen LogP contribution < -0.4 is 9.13 Å². The zero-order chi connectivity index (χ0) is 31.1. The molecule has 0 spiro atoms. The fraction of sp³-hybridized carbons (Fsp3) is 0.171. The third-order valence-corrected chi connectivity index (χ3v) is 8.66. The Balaban J connectivity index is 1.40. The lowest BCUT2D eigenvalue weighted by atomic mass is 9.86. The van der Waals surface area contributed by atoms with Gasteiger partial charge in [-0.25, -0.2) is 9.97 Å². The van der Waals surface area contributed by atoms with Crippen molar-refractivity contribution in [2.45, 2.75) is 39.7 Å². The highest BCUT2D eigenvalue weighted by Gasteiger charge is 2.19. The maximum atomic E-state index is 5.20. The van der Waals surface area contributed by atoms with E-state index in [-0.39, 0.29) is 5.41 Å². The third-order valence-electron chi connectivity index (χ3n) is 8.66. The average molecular weight is 587 g/mol. The summed E-state index contributed by atoms with van der Waals surface area (Å²) in [5.74, 6) is 0. The molecule has 0 fully saturated rings. The fourth-order valence-corrected chi connectivity index (χ4v) is 6.10. The van der Waals surface area contributed by atoms with Crippen molar-refractivity contribution in [3.63, 3.8) is 0 Å². The van der Waals surface area contributed by atoms with Crippen LogP contribution in [-0.2, 0) is 19.0 Å². The Morgan fingerprint density at radius 3 is 1.98 bits per heavy atom. The van der Waals surface area contributed by atoms with Gasteiger partial charge < -0.3 is 0 Å². The van der Waals surface area contributed by atoms with Gasteiger partial charge >= 0.3 is 0 Å². The molecule has 0 radical (unpaired) electrons. The number of para-hydroxylation sites is 2. The van der Waals surface area contributed by atoms with E-state index in [2.05, 4.69) is 172 Å². The lowest BCUT2D eigenvalue weighted by molar-refractivity contribution is -0.667. The molecule has 0 saturated heterocycles. The van der Waals surface area contributed by atoms with Crippen molar-refractivity contribution < 1.29 is 9.13 Å². The summed E-state index contributed by atoms with van der Waals surface area (Å²) in [5.41, 5.74) is 14.3. The van der Waals surface area contributed by atoms with E-state index in [4.69, 9.17) is 9.97 Å². The summed E-state index contributed by atoms with van der Waals surface area (Å²) in [6, 6.07) is 41.1. The Hall–Kier alpha value is -5.22. The van der Waals surface area contributed by atoms with E-state index in [1.807, 2.05) is 0 Å². The second kappa shape index (κ2) is 11.4. The van der Waals surface area contributed by atoms with Crippen molar-refractivity contribution in [3.05, 3.63) is 133 Å². The first-order valence-corrected chi connectivity index (χ1v) is 15.7. The van der Waals surface area contributed by atoms with E-state index in [1.165, 1.54) is 11.1 Å². The van der Waals surface area contributed by atoms with Gasteiger partial charge in [-0.2, -0.15) is 9.13 Å². The molecule has 0 N–H and O–H groups in total. The minimum absolute atomic E-state index is 0.0694. The van der Waals surface area contributed by atoms with Gasteiger partial charge in [-0.1, -0.05) is 81.4 Å². The van der Waals surface area contributed by atoms with Gasteiger partial charge in [-0.05, 0) is 82.6 Å². The molecule has 0 aliphatic rings. The zero-order valence-electron chi connectivity index (χ0n) is 26.6. The quantitative estimate of drug-likeness (QED) is 0.189. The summed E-state index contributed by atoms with van der Waals surface area (Å²) >= 11 is 0. The van der Waals surface area contributed by atoms with Crippen LogP contribution in [0.5, 0.6) is 0 Å². The molecule has 7 aromatic rings. The van der Waals surface area contributed by atoms with E-state index in [0.717, 1.165) is 67.8 Å². The predicted molar refractivity (Wildman–Crippen MR) is 185 cm³/mol. The predicted octanol–water partition coefficient (Wildman–Crippen LogP) is 8.88. The molecule has 45 heavy (non-hydrogen) atoms. The molecular weight excluding hydrogens is 548 g/mol. The van der Waals surface area contributed by atoms with E-state index >= 15 is 0 Å². The van der Waals surface area contributed by atoms with Gasteiger partial charge in [0.15, 0.2) is 12.4 Å². The summed E-state index contributed by atoms with van der Waals surface area (Å²) in [6.07, 6.45) is 4.31. The van der Waals surface area contributed by atoms with Crippen LogP contribution in [0.25, 0.3) is 66.8 Å². The largest absolute Gasteiger partial charge is 0.235 e. The minimum Gasteiger partial charge on any atom is -0.235 e. The summed E-state index contributed by atoms with van der Waals surface area (Å²) in [6.45, 7) is 9.80. The first-order chi connectivity index (χ1) is 21.8. The number of hydrogen-bond acceptors (Lipinski definition) is 2. The Labute approximate surface area is 265 Å². The Morgan fingerprint density at radius 1 is 0.533 bits per heavy atom. The van der Waals surface area contributed by atoms with Crippen LogP contribution >= 0.6 is 0 Å². The number of aryl methyl sites for hydroxylation is 2. The minimum atomic E-state index is 0.0694. The fourth-order valence-electron chi connectivity index (χ4n) is 6.10. The molecule has 0 bridgehead atoms. The van der Waals surface area contributed by atoms with Crippen molar-refractivity contribution in [3.8, 4) is 44.8 Å². The number of benzene rings is 5. The second-order valence-corrected chi connectivity index (χ2v) is 12.8. The van der Waals surface area contributed by atoms with E-state index in [1.54, 1.807) is 0 Å². The zero-order valence-corrected chi connectivity index (χ0v) is 26.6. The maximum Gasteiger partial charge on any atom is 0.231 e. The van der Waals surface area contributed by atoms with Gasteiger partial charge in [-0.15, -0.1) is 0 Å². The summed E-state index contributed by atoms with van der Waals surface area (Å²) < 4.78 is 4.46. The van der Waals surface area contributed by atoms with Crippen LogP contribution in [-0.4, -0.2) is 9.97 Å². The van der Waals surface area contributed by atoms with Crippen molar-refractivity contribution in [1.82, 2.24) is 9.97 Å². The van der Waals surface area contributed by atoms with E-state index in [0.29, 0.717) is 0 Å². The SMILES string of the molecule is CC[n+]1cc(-c2cc(-c3ccccc3)cc(-c3ccc4c(c3)nc(-c3cccc(C(C)(C)C)c3)c[n+]4C)c2)nc2ccccc21. The molecule has 4 heteroatoms. The average Bonchev–Trinajstić information content (AvgIpc) is 3.07. The number of hydrogen-bond donors (Lipinski definition) is 0. The Bertz CT molecular complexity index is 2190. The monoisotopic (exact) mass is 586 g/mol. The van der Waals surface area contributed by atoms with Crippen LogP contribution in [0.1, 0.15) is 33.3 Å². The lowest BCUT2D eigenvalue weighted by Gasteiger charge is -2.19. The van der Waals surface area contributed by atoms with Crippen LogP contribution in [0, 0.1) is 0 Å². The molecule has 0 aliphatic heterocycles. The standard InChI is InChI=1S/C41H38N4/c1-6-45-27-38(42-35-17-10-11-18-40(35)45)33-22-31(28-13-8-7-9-14-28)21-32(23-33)29-19-20-39-36(25-29)43-37(26-44(39)5)30-15-12-16-34(24-30)41(2,3)4/h7-27H,6H2,1-5H3/q+2. The highest BCUT2D eigenvalue weighted by Crippen LogP contribution is 2.34. The van der Waals surface area contributed by atoms with Crippen LogP contribution in [0.2, 0.25) is 0 Å². The first kappa shape index (κ1) is 28.5. The maximum absolute atomic E-state index is 5.20. The number of rotatable bonds is 5. The van der Waals surface area contributed by atoms with Crippen molar-refractivity contribution in [2.24, 2.45) is 7.05 Å².